The molecule has 0 saturated carbocycles. The van der Waals surface area contributed by atoms with E-state index in [0.717, 1.165) is 64.7 Å². The summed E-state index contributed by atoms with van der Waals surface area (Å²) in [6, 6.07) is 8.57. The maximum absolute atomic E-state index is 5.45. The summed E-state index contributed by atoms with van der Waals surface area (Å²) in [6.07, 6.45) is 1.66. The maximum atomic E-state index is 5.45. The van der Waals surface area contributed by atoms with Gasteiger partial charge in [0, 0.05) is 46.2 Å². The molecule has 1 aromatic carbocycles. The van der Waals surface area contributed by atoms with E-state index in [1.807, 2.05) is 6.92 Å². The lowest BCUT2D eigenvalue weighted by atomic mass is 10.1. The summed E-state index contributed by atoms with van der Waals surface area (Å²) >= 11 is 0. The number of guanidine groups is 1. The molecular formula is C20H31IN6O2. The normalized spacial score (nSPS) is 15.0. The zero-order valence-electron chi connectivity index (χ0n) is 17.2. The fourth-order valence-corrected chi connectivity index (χ4v) is 3.17. The van der Waals surface area contributed by atoms with E-state index in [4.69, 9.17) is 9.26 Å². The highest BCUT2D eigenvalue weighted by molar-refractivity contribution is 14.0. The molecule has 3 rings (SSSR count). The maximum Gasteiger partial charge on any atom is 0.226 e. The molecular weight excluding hydrogens is 483 g/mol. The number of aliphatic imine (C=N–C) groups is 1. The standard InChI is InChI=1S/C20H30N6O2.HI/c1-16-24-19(28-25-16)8-5-9-22-20(21-2)23-14-17-6-3-4-7-18(17)15-26-10-12-27-13-11-26;/h3-4,6-7H,5,8-15H2,1-2H3,(H2,21,22,23);1H. The third kappa shape index (κ3) is 7.90. The summed E-state index contributed by atoms with van der Waals surface area (Å²) in [4.78, 5) is 11.0. The summed E-state index contributed by atoms with van der Waals surface area (Å²) in [7, 11) is 1.79. The molecule has 8 nitrogen and oxygen atoms in total. The predicted molar refractivity (Wildman–Crippen MR) is 124 cm³/mol. The fourth-order valence-electron chi connectivity index (χ4n) is 3.17. The first-order chi connectivity index (χ1) is 13.7. The Morgan fingerprint density at radius 3 is 2.62 bits per heavy atom. The monoisotopic (exact) mass is 514 g/mol. The van der Waals surface area contributed by atoms with Crippen LogP contribution in [0.3, 0.4) is 0 Å². The van der Waals surface area contributed by atoms with E-state index in [2.05, 4.69) is 54.9 Å². The molecule has 29 heavy (non-hydrogen) atoms. The third-order valence-electron chi connectivity index (χ3n) is 4.72. The molecule has 0 amide bonds. The number of aryl methyl sites for hydroxylation is 2. The first-order valence-electron chi connectivity index (χ1n) is 9.85. The SMILES string of the molecule is CN=C(NCCCc1nc(C)no1)NCc1ccccc1CN1CCOCC1.I. The number of nitrogens with zero attached hydrogens (tertiary/aromatic N) is 4. The molecule has 1 saturated heterocycles. The van der Waals surface area contributed by atoms with Crippen molar-refractivity contribution in [3.05, 3.63) is 47.1 Å². The van der Waals surface area contributed by atoms with E-state index in [9.17, 15) is 0 Å². The van der Waals surface area contributed by atoms with Gasteiger partial charge < -0.3 is 19.9 Å². The Morgan fingerprint density at radius 1 is 1.17 bits per heavy atom. The molecule has 0 spiro atoms. The third-order valence-corrected chi connectivity index (χ3v) is 4.72. The molecule has 160 valence electrons. The summed E-state index contributed by atoms with van der Waals surface area (Å²) < 4.78 is 10.6. The molecule has 0 radical (unpaired) electrons. The van der Waals surface area contributed by atoms with Gasteiger partial charge in [-0.1, -0.05) is 29.4 Å². The van der Waals surface area contributed by atoms with Crippen LogP contribution in [0.1, 0.15) is 29.3 Å². The summed E-state index contributed by atoms with van der Waals surface area (Å²) in [6.45, 7) is 7.93. The topological polar surface area (TPSA) is 87.8 Å². The molecule has 9 heteroatoms. The van der Waals surface area contributed by atoms with E-state index in [1.54, 1.807) is 7.05 Å². The molecule has 1 aliphatic heterocycles. The Bertz CT molecular complexity index is 761. The molecule has 0 bridgehead atoms. The van der Waals surface area contributed by atoms with Crippen LogP contribution in [-0.4, -0.2) is 60.9 Å². The Hall–Kier alpha value is -1.72. The van der Waals surface area contributed by atoms with E-state index in [1.165, 1.54) is 11.1 Å². The smallest absolute Gasteiger partial charge is 0.226 e. The van der Waals surface area contributed by atoms with Gasteiger partial charge in [-0.3, -0.25) is 9.89 Å². The second kappa shape index (κ2) is 12.8. The van der Waals surface area contributed by atoms with Crippen LogP contribution in [0, 0.1) is 6.92 Å². The van der Waals surface area contributed by atoms with Crippen molar-refractivity contribution in [1.82, 2.24) is 25.7 Å². The quantitative estimate of drug-likeness (QED) is 0.242. The number of nitrogens with one attached hydrogen (secondary N) is 2. The van der Waals surface area contributed by atoms with E-state index in [0.29, 0.717) is 11.7 Å². The summed E-state index contributed by atoms with van der Waals surface area (Å²) in [5.74, 6) is 2.15. The van der Waals surface area contributed by atoms with Gasteiger partial charge in [0.2, 0.25) is 5.89 Å². The zero-order valence-corrected chi connectivity index (χ0v) is 19.5. The van der Waals surface area contributed by atoms with Crippen molar-refractivity contribution in [3.8, 4) is 0 Å². The van der Waals surface area contributed by atoms with Crippen molar-refractivity contribution in [2.75, 3.05) is 39.9 Å². The van der Waals surface area contributed by atoms with Crippen LogP contribution in [0.5, 0.6) is 0 Å². The number of halogens is 1. The van der Waals surface area contributed by atoms with Gasteiger partial charge in [-0.25, -0.2) is 0 Å². The highest BCUT2D eigenvalue weighted by atomic mass is 127. The van der Waals surface area contributed by atoms with Gasteiger partial charge in [0.25, 0.3) is 0 Å². The van der Waals surface area contributed by atoms with Gasteiger partial charge in [-0.2, -0.15) is 4.98 Å². The second-order valence-corrected chi connectivity index (χ2v) is 6.85. The van der Waals surface area contributed by atoms with Gasteiger partial charge in [0.05, 0.1) is 13.2 Å². The van der Waals surface area contributed by atoms with Crippen LogP contribution >= 0.6 is 24.0 Å². The van der Waals surface area contributed by atoms with Crippen LogP contribution < -0.4 is 10.6 Å². The number of benzene rings is 1. The van der Waals surface area contributed by atoms with Crippen molar-refractivity contribution >= 4 is 29.9 Å². The molecule has 2 aromatic rings. The highest BCUT2D eigenvalue weighted by Crippen LogP contribution is 2.13. The molecule has 0 atom stereocenters. The minimum Gasteiger partial charge on any atom is -0.379 e. The summed E-state index contributed by atoms with van der Waals surface area (Å²) in [5.41, 5.74) is 2.64. The second-order valence-electron chi connectivity index (χ2n) is 6.85. The van der Waals surface area contributed by atoms with Gasteiger partial charge in [0.1, 0.15) is 0 Å². The summed E-state index contributed by atoms with van der Waals surface area (Å²) in [5, 5.41) is 10.6. The first kappa shape index (κ1) is 23.6. The largest absolute Gasteiger partial charge is 0.379 e. The van der Waals surface area contributed by atoms with Crippen molar-refractivity contribution in [1.29, 1.82) is 0 Å². The van der Waals surface area contributed by atoms with Crippen LogP contribution in [0.15, 0.2) is 33.8 Å². The van der Waals surface area contributed by atoms with Crippen LogP contribution in [0.2, 0.25) is 0 Å². The number of ether oxygens (including phenoxy) is 1. The molecule has 1 fully saturated rings. The molecule has 2 heterocycles. The predicted octanol–water partition coefficient (Wildman–Crippen LogP) is 2.13. The molecule has 1 aliphatic rings. The lowest BCUT2D eigenvalue weighted by Gasteiger charge is -2.27. The van der Waals surface area contributed by atoms with Crippen molar-refractivity contribution < 1.29 is 9.26 Å². The molecule has 0 aliphatic carbocycles. The van der Waals surface area contributed by atoms with Crippen LogP contribution in [0.4, 0.5) is 0 Å². The molecule has 0 unspecified atom stereocenters. The lowest BCUT2D eigenvalue weighted by Crippen LogP contribution is -2.38. The number of morpholine rings is 1. The molecule has 1 aromatic heterocycles. The van der Waals surface area contributed by atoms with Crippen molar-refractivity contribution in [3.63, 3.8) is 0 Å². The van der Waals surface area contributed by atoms with Gasteiger partial charge in [0.15, 0.2) is 11.8 Å². The van der Waals surface area contributed by atoms with E-state index >= 15 is 0 Å². The Kier molecular flexibility index (Phi) is 10.4. The van der Waals surface area contributed by atoms with E-state index < -0.39 is 0 Å². The fraction of sp³-hybridized carbons (Fsp3) is 0.550. The number of aromatic nitrogens is 2. The highest BCUT2D eigenvalue weighted by Gasteiger charge is 2.12. The Morgan fingerprint density at radius 2 is 1.93 bits per heavy atom. The average molecular weight is 514 g/mol. The average Bonchev–Trinajstić information content (AvgIpc) is 3.14. The number of hydrogen-bond acceptors (Lipinski definition) is 6. The van der Waals surface area contributed by atoms with Gasteiger partial charge in [-0.05, 0) is 24.5 Å². The van der Waals surface area contributed by atoms with Crippen LogP contribution in [0.25, 0.3) is 0 Å². The Balaban J connectivity index is 0.00000300. The van der Waals surface area contributed by atoms with Gasteiger partial charge >= 0.3 is 0 Å². The molecule has 2 N–H and O–H groups in total. The van der Waals surface area contributed by atoms with Crippen molar-refractivity contribution in [2.45, 2.75) is 32.9 Å². The van der Waals surface area contributed by atoms with E-state index in [-0.39, 0.29) is 24.0 Å². The van der Waals surface area contributed by atoms with Crippen LogP contribution in [-0.2, 0) is 24.2 Å². The zero-order chi connectivity index (χ0) is 19.6. The minimum atomic E-state index is 0. The Labute approximate surface area is 189 Å². The van der Waals surface area contributed by atoms with Crippen molar-refractivity contribution in [2.24, 2.45) is 4.99 Å². The minimum absolute atomic E-state index is 0. The number of rotatable bonds is 8. The number of hydrogen-bond donors (Lipinski definition) is 2. The lowest BCUT2D eigenvalue weighted by molar-refractivity contribution is 0.0341. The van der Waals surface area contributed by atoms with Gasteiger partial charge in [-0.15, -0.1) is 24.0 Å². The first-order valence-corrected chi connectivity index (χ1v) is 9.85.